The van der Waals surface area contributed by atoms with Crippen molar-refractivity contribution in [3.8, 4) is 0 Å². The number of benzene rings is 1. The van der Waals surface area contributed by atoms with Gasteiger partial charge in [-0.25, -0.2) is 9.78 Å². The van der Waals surface area contributed by atoms with E-state index >= 15 is 0 Å². The number of nitrogens with zero attached hydrogens (tertiary/aromatic N) is 1. The van der Waals surface area contributed by atoms with Crippen LogP contribution in [0.4, 0.5) is 0 Å². The first-order valence-electron chi connectivity index (χ1n) is 10.1. The van der Waals surface area contributed by atoms with Crippen LogP contribution in [-0.2, 0) is 25.5 Å². The van der Waals surface area contributed by atoms with E-state index in [1.54, 1.807) is 11.3 Å². The zero-order chi connectivity index (χ0) is 20.1. The van der Waals surface area contributed by atoms with Crippen LogP contribution >= 0.6 is 11.3 Å². The molecule has 1 saturated carbocycles. The van der Waals surface area contributed by atoms with Gasteiger partial charge in [-0.3, -0.25) is 4.79 Å². The van der Waals surface area contributed by atoms with Gasteiger partial charge < -0.3 is 9.47 Å². The largest absolute Gasteiger partial charge is 0.460 e. The number of ether oxygens (including phenoxy) is 2. The molecule has 0 spiro atoms. The second-order valence-corrected chi connectivity index (χ2v) is 9.21. The Bertz CT molecular complexity index is 783. The number of aryl methyl sites for hydroxylation is 1. The second kappa shape index (κ2) is 9.50. The molecule has 2 aromatic rings. The van der Waals surface area contributed by atoms with Crippen LogP contribution in [-0.4, -0.2) is 29.6 Å². The van der Waals surface area contributed by atoms with Crippen LogP contribution in [0.15, 0.2) is 24.3 Å². The highest BCUT2D eigenvalue weighted by atomic mass is 32.1. The molecule has 1 aliphatic carbocycles. The van der Waals surface area contributed by atoms with Gasteiger partial charge in [0.25, 0.3) is 0 Å². The maximum absolute atomic E-state index is 12.2. The van der Waals surface area contributed by atoms with Crippen molar-refractivity contribution in [2.75, 3.05) is 6.61 Å². The van der Waals surface area contributed by atoms with Gasteiger partial charge >= 0.3 is 11.9 Å². The molecule has 3 atom stereocenters. The molecule has 1 fully saturated rings. The molecule has 3 rings (SSSR count). The molecule has 5 nitrogen and oxygen atoms in total. The molecule has 1 aliphatic rings. The lowest BCUT2D eigenvalue weighted by Gasteiger charge is -2.36. The highest BCUT2D eigenvalue weighted by Crippen LogP contribution is 2.35. The average Bonchev–Trinajstić information content (AvgIpc) is 3.07. The normalized spacial score (nSPS) is 22.4. The standard InChI is InChI=1S/C22H29NO4S/c1-14(2)16-9-8-15(3)12-18(16)27-22(25)13-26-21(24)11-10-20-23-17-6-4-5-7-19(17)28-20/h4-7,14-16,18H,8-13H2,1-3H3/t15-,16+,18-/m1/s1. The van der Waals surface area contributed by atoms with Crippen LogP contribution in [0.25, 0.3) is 10.2 Å². The van der Waals surface area contributed by atoms with E-state index < -0.39 is 11.9 Å². The molecule has 1 heterocycles. The zero-order valence-electron chi connectivity index (χ0n) is 16.8. The van der Waals surface area contributed by atoms with Gasteiger partial charge in [0.2, 0.25) is 0 Å². The summed E-state index contributed by atoms with van der Waals surface area (Å²) in [6.45, 7) is 6.22. The molecule has 0 amide bonds. The van der Waals surface area contributed by atoms with Crippen LogP contribution < -0.4 is 0 Å². The first-order valence-corrected chi connectivity index (χ1v) is 10.9. The molecule has 0 saturated heterocycles. The van der Waals surface area contributed by atoms with Crippen LogP contribution in [0.3, 0.4) is 0 Å². The summed E-state index contributed by atoms with van der Waals surface area (Å²) < 4.78 is 11.9. The fourth-order valence-electron chi connectivity index (χ4n) is 3.90. The minimum absolute atomic E-state index is 0.0716. The number of hydrogen-bond donors (Lipinski definition) is 0. The lowest BCUT2D eigenvalue weighted by Crippen LogP contribution is -2.36. The number of carbonyl (C=O) groups is 2. The number of aromatic nitrogens is 1. The predicted molar refractivity (Wildman–Crippen MR) is 110 cm³/mol. The van der Waals surface area contributed by atoms with Gasteiger partial charge in [0, 0.05) is 6.42 Å². The molecule has 6 heteroatoms. The predicted octanol–water partition coefficient (Wildman–Crippen LogP) is 4.78. The lowest BCUT2D eigenvalue weighted by molar-refractivity contribution is -0.167. The Morgan fingerprint density at radius 1 is 1.21 bits per heavy atom. The number of esters is 2. The smallest absolute Gasteiger partial charge is 0.344 e. The van der Waals surface area contributed by atoms with Crippen molar-refractivity contribution in [3.63, 3.8) is 0 Å². The Balaban J connectivity index is 1.42. The molecule has 0 unspecified atom stereocenters. The SMILES string of the molecule is CC(C)[C@@H]1CC[C@@H](C)C[C@H]1OC(=O)COC(=O)CCc1nc2ccccc2s1. The van der Waals surface area contributed by atoms with E-state index in [-0.39, 0.29) is 19.1 Å². The van der Waals surface area contributed by atoms with Crippen LogP contribution in [0, 0.1) is 17.8 Å². The van der Waals surface area contributed by atoms with Crippen LogP contribution in [0.5, 0.6) is 0 Å². The maximum atomic E-state index is 12.2. The van der Waals surface area contributed by atoms with Gasteiger partial charge in [0.05, 0.1) is 21.6 Å². The van der Waals surface area contributed by atoms with Crippen molar-refractivity contribution < 1.29 is 19.1 Å². The van der Waals surface area contributed by atoms with Crippen molar-refractivity contribution >= 4 is 33.5 Å². The Morgan fingerprint density at radius 2 is 2.00 bits per heavy atom. The minimum atomic E-state index is -0.446. The van der Waals surface area contributed by atoms with E-state index in [0.717, 1.165) is 28.1 Å². The van der Waals surface area contributed by atoms with Crippen molar-refractivity contribution in [3.05, 3.63) is 29.3 Å². The summed E-state index contributed by atoms with van der Waals surface area (Å²) in [5.41, 5.74) is 0.945. The molecule has 0 aliphatic heterocycles. The van der Waals surface area contributed by atoms with Gasteiger partial charge in [-0.1, -0.05) is 39.3 Å². The molecular formula is C22H29NO4S. The third-order valence-corrected chi connectivity index (χ3v) is 6.57. The van der Waals surface area contributed by atoms with E-state index in [9.17, 15) is 9.59 Å². The monoisotopic (exact) mass is 403 g/mol. The Labute approximate surface area is 170 Å². The van der Waals surface area contributed by atoms with Gasteiger partial charge in [-0.15, -0.1) is 11.3 Å². The molecule has 0 radical (unpaired) electrons. The first kappa shape index (κ1) is 20.8. The summed E-state index contributed by atoms with van der Waals surface area (Å²) in [6, 6.07) is 7.89. The van der Waals surface area contributed by atoms with E-state index in [4.69, 9.17) is 9.47 Å². The van der Waals surface area contributed by atoms with E-state index in [1.165, 1.54) is 6.42 Å². The highest BCUT2D eigenvalue weighted by Gasteiger charge is 2.33. The minimum Gasteiger partial charge on any atom is -0.460 e. The summed E-state index contributed by atoms with van der Waals surface area (Å²) in [4.78, 5) is 28.7. The molecule has 0 N–H and O–H groups in total. The molecule has 1 aromatic heterocycles. The molecule has 1 aromatic carbocycles. The fourth-order valence-corrected chi connectivity index (χ4v) is 4.87. The van der Waals surface area contributed by atoms with Gasteiger partial charge in [0.1, 0.15) is 6.10 Å². The Morgan fingerprint density at radius 3 is 2.75 bits per heavy atom. The van der Waals surface area contributed by atoms with E-state index in [2.05, 4.69) is 25.8 Å². The lowest BCUT2D eigenvalue weighted by atomic mass is 9.75. The maximum Gasteiger partial charge on any atom is 0.344 e. The highest BCUT2D eigenvalue weighted by molar-refractivity contribution is 7.18. The first-order chi connectivity index (χ1) is 13.4. The number of hydrogen-bond acceptors (Lipinski definition) is 6. The molecule has 0 bridgehead atoms. The van der Waals surface area contributed by atoms with Crippen molar-refractivity contribution in [2.24, 2.45) is 17.8 Å². The number of fused-ring (bicyclic) bond motifs is 1. The molecule has 152 valence electrons. The van der Waals surface area contributed by atoms with Gasteiger partial charge in [-0.05, 0) is 42.7 Å². The molecule has 28 heavy (non-hydrogen) atoms. The quantitative estimate of drug-likeness (QED) is 0.623. The van der Waals surface area contributed by atoms with Crippen LogP contribution in [0.2, 0.25) is 0 Å². The van der Waals surface area contributed by atoms with E-state index in [1.807, 2.05) is 24.3 Å². The zero-order valence-corrected chi connectivity index (χ0v) is 17.7. The number of para-hydroxylation sites is 1. The summed E-state index contributed by atoms with van der Waals surface area (Å²) in [5.74, 6) is 0.576. The van der Waals surface area contributed by atoms with Crippen molar-refractivity contribution in [1.82, 2.24) is 4.98 Å². The van der Waals surface area contributed by atoms with Crippen LogP contribution in [0.1, 0.15) is 51.5 Å². The van der Waals surface area contributed by atoms with Gasteiger partial charge in [0.15, 0.2) is 6.61 Å². The van der Waals surface area contributed by atoms with Crippen molar-refractivity contribution in [2.45, 2.75) is 59.0 Å². The Kier molecular flexibility index (Phi) is 7.05. The third-order valence-electron chi connectivity index (χ3n) is 5.48. The average molecular weight is 404 g/mol. The fraction of sp³-hybridized carbons (Fsp3) is 0.591. The number of carbonyl (C=O) groups excluding carboxylic acids is 2. The number of thiazole rings is 1. The Hall–Kier alpha value is -1.95. The topological polar surface area (TPSA) is 65.5 Å². The summed E-state index contributed by atoms with van der Waals surface area (Å²) in [6.07, 6.45) is 3.80. The van der Waals surface area contributed by atoms with Gasteiger partial charge in [-0.2, -0.15) is 0 Å². The summed E-state index contributed by atoms with van der Waals surface area (Å²) in [7, 11) is 0. The van der Waals surface area contributed by atoms with E-state index in [0.29, 0.717) is 24.2 Å². The second-order valence-electron chi connectivity index (χ2n) is 8.09. The summed E-state index contributed by atoms with van der Waals surface area (Å²) in [5, 5.41) is 0.900. The van der Waals surface area contributed by atoms with Crippen molar-refractivity contribution in [1.29, 1.82) is 0 Å². The third kappa shape index (κ3) is 5.53. The number of rotatable bonds is 7. The summed E-state index contributed by atoms with van der Waals surface area (Å²) >= 11 is 1.58. The molecular weight excluding hydrogens is 374 g/mol.